The number of carboxylic acids is 3. The number of carboxylic acid groups (broad SMARTS) is 3. The molecule has 0 bridgehead atoms. The number of nitrogens with one attached hydrogen (secondary N) is 1. The Morgan fingerprint density at radius 1 is 1.12 bits per heavy atom. The Labute approximate surface area is 201 Å². The molecule has 0 aromatic heterocycles. The quantitative estimate of drug-likeness (QED) is 0.356. The SMILES string of the molecule is Cc1ccc(Sc2ccc(N3CCNCC3C(C(=O)O)C(O)(CC(=O)O)C(=O)O)cc2)c(C)c1. The van der Waals surface area contributed by atoms with E-state index in [9.17, 15) is 29.7 Å². The third-order valence-corrected chi connectivity index (χ3v) is 7.15. The molecule has 1 aliphatic rings. The maximum Gasteiger partial charge on any atom is 0.337 e. The number of hydrogen-bond donors (Lipinski definition) is 5. The molecule has 9 nitrogen and oxygen atoms in total. The molecule has 1 saturated heterocycles. The van der Waals surface area contributed by atoms with Crippen molar-refractivity contribution in [1.29, 1.82) is 0 Å². The zero-order valence-electron chi connectivity index (χ0n) is 18.9. The van der Waals surface area contributed by atoms with Crippen molar-refractivity contribution in [2.45, 2.75) is 41.7 Å². The summed E-state index contributed by atoms with van der Waals surface area (Å²) in [6.45, 7) is 5.03. The summed E-state index contributed by atoms with van der Waals surface area (Å²) in [7, 11) is 0. The van der Waals surface area contributed by atoms with E-state index in [-0.39, 0.29) is 6.54 Å². The molecular formula is C24H28N2O7S. The van der Waals surface area contributed by atoms with Crippen LogP contribution in [0.25, 0.3) is 0 Å². The maximum atomic E-state index is 12.1. The standard InChI is InChI=1S/C24H28N2O7S/c1-14-3-8-19(15(2)11-14)34-17-6-4-16(5-7-17)26-10-9-25-13-18(26)21(22(29)30)24(33,23(31)32)12-20(27)28/h3-8,11,18,21,25,33H,9-10,12-13H2,1-2H3,(H,27,28)(H,29,30)(H,31,32). The van der Waals surface area contributed by atoms with Gasteiger partial charge in [0.05, 0.1) is 12.5 Å². The van der Waals surface area contributed by atoms with Gasteiger partial charge in [-0.1, -0.05) is 29.5 Å². The fraction of sp³-hybridized carbons (Fsp3) is 0.375. The van der Waals surface area contributed by atoms with Crippen LogP contribution in [0.15, 0.2) is 52.3 Å². The highest BCUT2D eigenvalue weighted by molar-refractivity contribution is 7.99. The Bertz CT molecular complexity index is 1080. The largest absolute Gasteiger partial charge is 0.481 e. The number of carbonyl (C=O) groups is 3. The molecule has 0 radical (unpaired) electrons. The van der Waals surface area contributed by atoms with Gasteiger partial charge >= 0.3 is 17.9 Å². The van der Waals surface area contributed by atoms with E-state index >= 15 is 0 Å². The van der Waals surface area contributed by atoms with Crippen LogP contribution in [0.2, 0.25) is 0 Å². The summed E-state index contributed by atoms with van der Waals surface area (Å²) in [6, 6.07) is 12.7. The second-order valence-corrected chi connectivity index (χ2v) is 9.56. The summed E-state index contributed by atoms with van der Waals surface area (Å²) < 4.78 is 0. The lowest BCUT2D eigenvalue weighted by Crippen LogP contribution is -2.64. The van der Waals surface area contributed by atoms with Gasteiger partial charge in [-0.25, -0.2) is 4.79 Å². The zero-order chi connectivity index (χ0) is 25.0. The molecule has 1 fully saturated rings. The maximum absolute atomic E-state index is 12.1. The van der Waals surface area contributed by atoms with E-state index in [1.54, 1.807) is 16.7 Å². The van der Waals surface area contributed by atoms with E-state index < -0.39 is 41.9 Å². The Kier molecular flexibility index (Phi) is 7.86. The Hall–Kier alpha value is -3.08. The van der Waals surface area contributed by atoms with Gasteiger partial charge in [0, 0.05) is 35.1 Å². The average Bonchev–Trinajstić information content (AvgIpc) is 2.76. The van der Waals surface area contributed by atoms with Crippen molar-refractivity contribution in [3.8, 4) is 0 Å². The first-order valence-corrected chi connectivity index (χ1v) is 11.6. The van der Waals surface area contributed by atoms with Gasteiger partial charge in [0.15, 0.2) is 5.60 Å². The third kappa shape index (κ3) is 5.52. The number of piperazine rings is 1. The van der Waals surface area contributed by atoms with Gasteiger partial charge < -0.3 is 30.6 Å². The van der Waals surface area contributed by atoms with Gasteiger partial charge in [-0.15, -0.1) is 0 Å². The second kappa shape index (κ2) is 10.5. The van der Waals surface area contributed by atoms with Crippen LogP contribution in [0, 0.1) is 19.8 Å². The summed E-state index contributed by atoms with van der Waals surface area (Å²) in [5.41, 5.74) is 0.0233. The summed E-state index contributed by atoms with van der Waals surface area (Å²) in [5.74, 6) is -6.93. The second-order valence-electron chi connectivity index (χ2n) is 8.45. The van der Waals surface area contributed by atoms with Gasteiger partial charge in [-0.3, -0.25) is 9.59 Å². The molecule has 3 atom stereocenters. The molecule has 5 N–H and O–H groups in total. The molecule has 3 unspecified atom stereocenters. The monoisotopic (exact) mass is 488 g/mol. The molecule has 0 amide bonds. The van der Waals surface area contributed by atoms with Crippen molar-refractivity contribution in [1.82, 2.24) is 5.32 Å². The lowest BCUT2D eigenvalue weighted by Gasteiger charge is -2.44. The lowest BCUT2D eigenvalue weighted by molar-refractivity contribution is -0.180. The minimum Gasteiger partial charge on any atom is -0.481 e. The van der Waals surface area contributed by atoms with Crippen LogP contribution < -0.4 is 10.2 Å². The molecule has 1 heterocycles. The minimum atomic E-state index is -2.97. The van der Waals surface area contributed by atoms with E-state index in [0.717, 1.165) is 15.4 Å². The van der Waals surface area contributed by atoms with E-state index in [0.29, 0.717) is 18.8 Å². The van der Waals surface area contributed by atoms with Crippen LogP contribution in [-0.4, -0.2) is 69.6 Å². The van der Waals surface area contributed by atoms with E-state index in [4.69, 9.17) is 5.11 Å². The fourth-order valence-corrected chi connectivity index (χ4v) is 5.21. The van der Waals surface area contributed by atoms with E-state index in [1.807, 2.05) is 44.2 Å². The lowest BCUT2D eigenvalue weighted by atomic mass is 9.78. The molecule has 2 aromatic carbocycles. The summed E-state index contributed by atoms with van der Waals surface area (Å²) in [5, 5.41) is 42.4. The predicted octanol–water partition coefficient (Wildman–Crippen LogP) is 2.22. The van der Waals surface area contributed by atoms with Crippen LogP contribution in [-0.2, 0) is 14.4 Å². The summed E-state index contributed by atoms with van der Waals surface area (Å²) in [4.78, 5) is 39.1. The first-order chi connectivity index (χ1) is 16.0. The fourth-order valence-electron chi connectivity index (χ4n) is 4.33. The molecule has 3 rings (SSSR count). The number of aryl methyl sites for hydroxylation is 2. The van der Waals surface area contributed by atoms with Crippen molar-refractivity contribution >= 4 is 35.4 Å². The van der Waals surface area contributed by atoms with Crippen LogP contribution in [0.1, 0.15) is 17.5 Å². The van der Waals surface area contributed by atoms with Crippen molar-refractivity contribution in [2.24, 2.45) is 5.92 Å². The molecule has 2 aromatic rings. The molecule has 34 heavy (non-hydrogen) atoms. The topological polar surface area (TPSA) is 147 Å². The third-order valence-electron chi connectivity index (χ3n) is 5.97. The molecule has 1 aliphatic heterocycles. The minimum absolute atomic E-state index is 0.0746. The van der Waals surface area contributed by atoms with Crippen molar-refractivity contribution < 1.29 is 34.8 Å². The number of nitrogens with zero attached hydrogens (tertiary/aromatic N) is 1. The number of benzene rings is 2. The van der Waals surface area contributed by atoms with Crippen LogP contribution in [0.3, 0.4) is 0 Å². The molecule has 10 heteroatoms. The summed E-state index contributed by atoms with van der Waals surface area (Å²) >= 11 is 1.60. The van der Waals surface area contributed by atoms with Crippen molar-refractivity contribution in [2.75, 3.05) is 24.5 Å². The van der Waals surface area contributed by atoms with Gasteiger partial charge in [-0.2, -0.15) is 0 Å². The zero-order valence-corrected chi connectivity index (χ0v) is 19.7. The number of rotatable bonds is 9. The Morgan fingerprint density at radius 2 is 1.79 bits per heavy atom. The van der Waals surface area contributed by atoms with Gasteiger partial charge in [0.25, 0.3) is 0 Å². The highest BCUT2D eigenvalue weighted by Crippen LogP contribution is 2.35. The molecular weight excluding hydrogens is 460 g/mol. The highest BCUT2D eigenvalue weighted by Gasteiger charge is 2.55. The van der Waals surface area contributed by atoms with Crippen molar-refractivity contribution in [3.63, 3.8) is 0 Å². The first-order valence-electron chi connectivity index (χ1n) is 10.8. The number of hydrogen-bond acceptors (Lipinski definition) is 7. The van der Waals surface area contributed by atoms with Crippen LogP contribution >= 0.6 is 11.8 Å². The average molecular weight is 489 g/mol. The highest BCUT2D eigenvalue weighted by atomic mass is 32.2. The van der Waals surface area contributed by atoms with Gasteiger partial charge in [-0.05, 0) is 49.7 Å². The molecule has 182 valence electrons. The Morgan fingerprint density at radius 3 is 2.35 bits per heavy atom. The molecule has 0 aliphatic carbocycles. The molecule has 0 spiro atoms. The Balaban J connectivity index is 1.90. The number of aliphatic carboxylic acids is 3. The normalized spacial score (nSPS) is 18.7. The van der Waals surface area contributed by atoms with Crippen LogP contribution in [0.5, 0.6) is 0 Å². The number of anilines is 1. The van der Waals surface area contributed by atoms with E-state index in [1.165, 1.54) is 5.56 Å². The smallest absolute Gasteiger partial charge is 0.337 e. The summed E-state index contributed by atoms with van der Waals surface area (Å²) in [6.07, 6.45) is -1.23. The van der Waals surface area contributed by atoms with Crippen LogP contribution in [0.4, 0.5) is 5.69 Å². The molecule has 0 saturated carbocycles. The van der Waals surface area contributed by atoms with E-state index in [2.05, 4.69) is 17.4 Å². The number of aliphatic hydroxyl groups is 1. The van der Waals surface area contributed by atoms with Crippen molar-refractivity contribution in [3.05, 3.63) is 53.6 Å². The van der Waals surface area contributed by atoms with Gasteiger partial charge in [0.1, 0.15) is 5.92 Å². The first kappa shape index (κ1) is 25.5. The predicted molar refractivity (Wildman–Crippen MR) is 126 cm³/mol. The van der Waals surface area contributed by atoms with Gasteiger partial charge in [0.2, 0.25) is 0 Å².